The molecule has 0 saturated carbocycles. The van der Waals surface area contributed by atoms with Crippen molar-refractivity contribution in [1.82, 2.24) is 0 Å². The summed E-state index contributed by atoms with van der Waals surface area (Å²) in [6, 6.07) is 0. The molecule has 1 saturated heterocycles. The molecule has 48 valence electrons. The lowest BCUT2D eigenvalue weighted by Crippen LogP contribution is -2.16. The van der Waals surface area contributed by atoms with Gasteiger partial charge in [0, 0.05) is 0 Å². The van der Waals surface area contributed by atoms with Crippen molar-refractivity contribution in [2.45, 2.75) is 11.7 Å². The predicted octanol–water partition coefficient (Wildman–Crippen LogP) is -0.00620. The lowest BCUT2D eigenvalue weighted by atomic mass is 10.8. The third-order valence-electron chi connectivity index (χ3n) is 1.09. The molecule has 0 amide bonds. The van der Waals surface area contributed by atoms with Gasteiger partial charge in [0.2, 0.25) is 0 Å². The molecule has 1 aliphatic heterocycles. The fourth-order valence-corrected chi connectivity index (χ4v) is 3.49. The Hall–Kier alpha value is 0.780. The quantitative estimate of drug-likeness (QED) is 0.479. The second-order valence-electron chi connectivity index (χ2n) is 1.85. The van der Waals surface area contributed by atoms with Crippen LogP contribution in [0.15, 0.2) is 0 Å². The lowest BCUT2D eigenvalue weighted by Gasteiger charge is -2.20. The molecule has 4 atom stereocenters. The van der Waals surface area contributed by atoms with Crippen molar-refractivity contribution in [3.05, 3.63) is 0 Å². The highest BCUT2D eigenvalue weighted by atomic mass is 31.1. The fourth-order valence-electron chi connectivity index (χ4n) is 0.640. The molecule has 4 unspecified atom stereocenters. The number of hydrogen-bond donors (Lipinski definition) is 2. The molecular weight excluding hydrogens is 142 g/mol. The standard InChI is InChI=1S/C4H10O2P2/c5-3-1-7-4(6)2-8-3/h3-8H,1-2H2. The molecule has 0 aromatic carbocycles. The molecule has 1 heterocycles. The Bertz CT molecular complexity index is 60.4. The Morgan fingerprint density at radius 2 is 1.38 bits per heavy atom. The monoisotopic (exact) mass is 152 g/mol. The van der Waals surface area contributed by atoms with Gasteiger partial charge < -0.3 is 10.2 Å². The molecular formula is C4H10O2P2. The van der Waals surface area contributed by atoms with E-state index in [1.165, 1.54) is 0 Å². The first-order valence-corrected chi connectivity index (χ1v) is 5.19. The summed E-state index contributed by atoms with van der Waals surface area (Å²) in [4.78, 5) is 0. The molecule has 0 aromatic heterocycles. The number of aliphatic hydroxyl groups is 2. The summed E-state index contributed by atoms with van der Waals surface area (Å²) in [6.07, 6.45) is 1.64. The Labute approximate surface area is 52.2 Å². The molecule has 8 heavy (non-hydrogen) atoms. The molecule has 2 nitrogen and oxygen atoms in total. The minimum absolute atomic E-state index is 0.100. The van der Waals surface area contributed by atoms with Gasteiger partial charge in [0.05, 0.1) is 11.7 Å². The summed E-state index contributed by atoms with van der Waals surface area (Å²) in [7, 11) is 1.14. The molecule has 0 spiro atoms. The molecule has 1 fully saturated rings. The van der Waals surface area contributed by atoms with Crippen LogP contribution in [0.1, 0.15) is 0 Å². The van der Waals surface area contributed by atoms with E-state index in [0.29, 0.717) is 17.2 Å². The first-order chi connectivity index (χ1) is 3.79. The van der Waals surface area contributed by atoms with E-state index < -0.39 is 0 Å². The van der Waals surface area contributed by atoms with Gasteiger partial charge in [-0.15, -0.1) is 0 Å². The molecule has 0 radical (unpaired) electrons. The smallest absolute Gasteiger partial charge is 0.0740 e. The van der Waals surface area contributed by atoms with Crippen LogP contribution in [0, 0.1) is 0 Å². The average Bonchev–Trinajstić information content (AvgIpc) is 1.77. The largest absolute Gasteiger partial charge is 0.389 e. The summed E-state index contributed by atoms with van der Waals surface area (Å²) < 4.78 is 0. The first kappa shape index (κ1) is 6.89. The van der Waals surface area contributed by atoms with Crippen LogP contribution in [0.5, 0.6) is 0 Å². The second-order valence-corrected chi connectivity index (χ2v) is 4.81. The van der Waals surface area contributed by atoms with Crippen LogP contribution in [0.3, 0.4) is 0 Å². The Morgan fingerprint density at radius 1 is 1.00 bits per heavy atom. The van der Waals surface area contributed by atoms with E-state index >= 15 is 0 Å². The number of aliphatic hydroxyl groups excluding tert-OH is 2. The third kappa shape index (κ3) is 1.95. The van der Waals surface area contributed by atoms with Gasteiger partial charge in [0.15, 0.2) is 0 Å². The van der Waals surface area contributed by atoms with Crippen LogP contribution < -0.4 is 0 Å². The van der Waals surface area contributed by atoms with Crippen molar-refractivity contribution in [3.8, 4) is 0 Å². The van der Waals surface area contributed by atoms with Crippen LogP contribution in [0.25, 0.3) is 0 Å². The number of rotatable bonds is 0. The molecule has 2 N–H and O–H groups in total. The third-order valence-corrected chi connectivity index (χ3v) is 4.51. The molecule has 0 aliphatic carbocycles. The van der Waals surface area contributed by atoms with Crippen LogP contribution >= 0.6 is 17.2 Å². The summed E-state index contributed by atoms with van der Waals surface area (Å²) in [5.74, 6) is -0.200. The number of hydrogen-bond acceptors (Lipinski definition) is 2. The molecule has 1 aliphatic rings. The zero-order valence-corrected chi connectivity index (χ0v) is 6.46. The van der Waals surface area contributed by atoms with Crippen LogP contribution in [0.2, 0.25) is 0 Å². The Balaban J connectivity index is 2.19. The summed E-state index contributed by atoms with van der Waals surface area (Å²) in [5.41, 5.74) is 0. The second kappa shape index (κ2) is 3.08. The van der Waals surface area contributed by atoms with Crippen molar-refractivity contribution < 1.29 is 10.2 Å². The van der Waals surface area contributed by atoms with Crippen LogP contribution in [0.4, 0.5) is 0 Å². The molecule has 4 heteroatoms. The molecule has 0 aromatic rings. The van der Waals surface area contributed by atoms with Crippen molar-refractivity contribution in [1.29, 1.82) is 0 Å². The normalized spacial score (nSPS) is 45.8. The van der Waals surface area contributed by atoms with Gasteiger partial charge in [0.25, 0.3) is 0 Å². The van der Waals surface area contributed by atoms with E-state index in [4.69, 9.17) is 10.2 Å². The topological polar surface area (TPSA) is 40.5 Å². The van der Waals surface area contributed by atoms with E-state index in [-0.39, 0.29) is 11.7 Å². The highest BCUT2D eigenvalue weighted by molar-refractivity contribution is 7.47. The molecule has 0 bridgehead atoms. The van der Waals surface area contributed by atoms with Gasteiger partial charge in [0.1, 0.15) is 0 Å². The Kier molecular flexibility index (Phi) is 2.65. The highest BCUT2D eigenvalue weighted by Gasteiger charge is 2.15. The summed E-state index contributed by atoms with van der Waals surface area (Å²) >= 11 is 0. The highest BCUT2D eigenvalue weighted by Crippen LogP contribution is 2.35. The maximum absolute atomic E-state index is 8.94. The van der Waals surface area contributed by atoms with Crippen molar-refractivity contribution >= 4 is 17.2 Å². The van der Waals surface area contributed by atoms with E-state index in [1.54, 1.807) is 0 Å². The minimum Gasteiger partial charge on any atom is -0.389 e. The Morgan fingerprint density at radius 3 is 1.62 bits per heavy atom. The van der Waals surface area contributed by atoms with E-state index in [0.717, 1.165) is 12.3 Å². The fraction of sp³-hybridized carbons (Fsp3) is 1.00. The van der Waals surface area contributed by atoms with Gasteiger partial charge in [-0.2, -0.15) is 0 Å². The van der Waals surface area contributed by atoms with E-state index in [9.17, 15) is 0 Å². The van der Waals surface area contributed by atoms with Crippen LogP contribution in [-0.4, -0.2) is 34.2 Å². The summed E-state index contributed by atoms with van der Waals surface area (Å²) in [6.45, 7) is 0. The van der Waals surface area contributed by atoms with Gasteiger partial charge in [-0.3, -0.25) is 0 Å². The average molecular weight is 152 g/mol. The maximum Gasteiger partial charge on any atom is 0.0740 e. The van der Waals surface area contributed by atoms with Crippen molar-refractivity contribution in [2.75, 3.05) is 12.3 Å². The first-order valence-electron chi connectivity index (χ1n) is 2.62. The predicted molar refractivity (Wildman–Crippen MR) is 38.4 cm³/mol. The van der Waals surface area contributed by atoms with Gasteiger partial charge in [-0.05, 0) is 12.3 Å². The van der Waals surface area contributed by atoms with E-state index in [1.807, 2.05) is 0 Å². The van der Waals surface area contributed by atoms with Gasteiger partial charge >= 0.3 is 0 Å². The van der Waals surface area contributed by atoms with Crippen molar-refractivity contribution in [3.63, 3.8) is 0 Å². The summed E-state index contributed by atoms with van der Waals surface area (Å²) in [5, 5.41) is 17.9. The van der Waals surface area contributed by atoms with Gasteiger partial charge in [-0.25, -0.2) is 0 Å². The SMILES string of the molecule is OC1CPC(O)CP1. The van der Waals surface area contributed by atoms with Crippen molar-refractivity contribution in [2.24, 2.45) is 0 Å². The maximum atomic E-state index is 8.94. The zero-order valence-electron chi connectivity index (χ0n) is 4.46. The van der Waals surface area contributed by atoms with E-state index in [2.05, 4.69) is 0 Å². The minimum atomic E-state index is -0.100. The zero-order chi connectivity index (χ0) is 5.98. The van der Waals surface area contributed by atoms with Gasteiger partial charge in [-0.1, -0.05) is 17.2 Å². The molecule has 1 rings (SSSR count). The van der Waals surface area contributed by atoms with Crippen LogP contribution in [-0.2, 0) is 0 Å². The lowest BCUT2D eigenvalue weighted by molar-refractivity contribution is 0.256.